The summed E-state index contributed by atoms with van der Waals surface area (Å²) in [6.45, 7) is 5.10. The van der Waals surface area contributed by atoms with E-state index >= 15 is 0 Å². The first kappa shape index (κ1) is 23.5. The van der Waals surface area contributed by atoms with Crippen molar-refractivity contribution in [2.24, 2.45) is 10.9 Å². The maximum absolute atomic E-state index is 13.5. The lowest BCUT2D eigenvalue weighted by atomic mass is 9.84. The van der Waals surface area contributed by atoms with Gasteiger partial charge < -0.3 is 19.9 Å². The van der Waals surface area contributed by atoms with Gasteiger partial charge in [0.1, 0.15) is 5.75 Å². The van der Waals surface area contributed by atoms with Gasteiger partial charge in [-0.3, -0.25) is 4.79 Å². The lowest BCUT2D eigenvalue weighted by Crippen LogP contribution is -2.48. The lowest BCUT2D eigenvalue weighted by Gasteiger charge is -2.29. The van der Waals surface area contributed by atoms with Gasteiger partial charge in [-0.25, -0.2) is 4.99 Å². The van der Waals surface area contributed by atoms with Crippen LogP contribution < -0.4 is 10.1 Å². The normalized spacial score (nSPS) is 21.8. The zero-order chi connectivity index (χ0) is 23.3. The third kappa shape index (κ3) is 5.47. The first-order valence-corrected chi connectivity index (χ1v) is 12.1. The number of nitrogens with zero attached hydrogens (tertiary/aromatic N) is 1. The molecule has 1 aliphatic heterocycles. The molecule has 2 aliphatic rings. The molecule has 0 unspecified atom stereocenters. The lowest BCUT2D eigenvalue weighted by molar-refractivity contribution is -0.128. The summed E-state index contributed by atoms with van der Waals surface area (Å²) >= 11 is 3.48. The number of halogens is 1. The van der Waals surface area contributed by atoms with E-state index in [1.807, 2.05) is 48.5 Å². The molecule has 1 heterocycles. The van der Waals surface area contributed by atoms with Crippen molar-refractivity contribution in [2.45, 2.75) is 37.3 Å². The van der Waals surface area contributed by atoms with E-state index in [1.54, 1.807) is 6.08 Å². The second-order valence-corrected chi connectivity index (χ2v) is 9.40. The molecule has 7 heteroatoms. The summed E-state index contributed by atoms with van der Waals surface area (Å²) in [5, 5.41) is 12.0. The predicted molar refractivity (Wildman–Crippen MR) is 131 cm³/mol. The number of rotatable bonds is 11. The van der Waals surface area contributed by atoms with Crippen LogP contribution in [0.1, 0.15) is 42.9 Å². The molecule has 1 aliphatic carbocycles. The second kappa shape index (κ2) is 10.5. The van der Waals surface area contributed by atoms with Gasteiger partial charge in [0.2, 0.25) is 5.90 Å². The Kier molecular flexibility index (Phi) is 7.50. The molecule has 6 nitrogen and oxygen atoms in total. The Morgan fingerprint density at radius 2 is 1.97 bits per heavy atom. The Labute approximate surface area is 202 Å². The minimum Gasteiger partial charge on any atom is -0.494 e. The van der Waals surface area contributed by atoms with Gasteiger partial charge in [0.25, 0.3) is 5.91 Å². The maximum atomic E-state index is 13.5. The summed E-state index contributed by atoms with van der Waals surface area (Å²) < 4.78 is 13.0. The molecule has 4 rings (SSSR count). The molecule has 1 saturated carbocycles. The average Bonchev–Trinajstić information content (AvgIpc) is 3.58. The van der Waals surface area contributed by atoms with Crippen molar-refractivity contribution in [2.75, 3.05) is 19.8 Å². The van der Waals surface area contributed by atoms with E-state index in [1.165, 1.54) is 0 Å². The van der Waals surface area contributed by atoms with Gasteiger partial charge in [0, 0.05) is 36.0 Å². The zero-order valence-electron chi connectivity index (χ0n) is 18.5. The monoisotopic (exact) mass is 512 g/mol. The molecule has 2 aromatic rings. The van der Waals surface area contributed by atoms with Gasteiger partial charge in [-0.1, -0.05) is 34.1 Å². The fourth-order valence-electron chi connectivity index (χ4n) is 3.88. The highest BCUT2D eigenvalue weighted by molar-refractivity contribution is 9.10. The average molecular weight is 513 g/mol. The van der Waals surface area contributed by atoms with Crippen LogP contribution in [0.2, 0.25) is 0 Å². The largest absolute Gasteiger partial charge is 0.494 e. The Hall–Kier alpha value is -2.64. The molecule has 0 saturated heterocycles. The number of amides is 1. The van der Waals surface area contributed by atoms with Crippen molar-refractivity contribution < 1.29 is 19.4 Å². The molecule has 1 fully saturated rings. The van der Waals surface area contributed by atoms with Gasteiger partial charge in [0.05, 0.1) is 6.61 Å². The summed E-state index contributed by atoms with van der Waals surface area (Å²) in [5.74, 6) is 1.55. The number of benzene rings is 2. The van der Waals surface area contributed by atoms with Gasteiger partial charge in [-0.05, 0) is 60.7 Å². The third-order valence-corrected chi connectivity index (χ3v) is 6.44. The van der Waals surface area contributed by atoms with E-state index in [0.29, 0.717) is 43.6 Å². The molecule has 0 bridgehead atoms. The smallest absolute Gasteiger partial charge is 0.252 e. The molecule has 174 valence electrons. The molecule has 2 atom stereocenters. The zero-order valence-corrected chi connectivity index (χ0v) is 20.1. The standard InChI is InChI=1S/C26H29BrN2O4/c1-2-14-26(25(31)28-17-18-4-5-18)23(19-6-10-21(27)11-7-19)33-24(29-26)20-8-12-22(13-9-20)32-16-3-15-30/h2,6-13,18,23,30H,1,3-5,14-17H2,(H,28,31)/t23-,26-/m1/s1. The Balaban J connectivity index is 1.64. The Morgan fingerprint density at radius 1 is 1.24 bits per heavy atom. The van der Waals surface area contributed by atoms with Crippen LogP contribution in [0.25, 0.3) is 0 Å². The highest BCUT2D eigenvalue weighted by Gasteiger charge is 2.52. The minimum absolute atomic E-state index is 0.0916. The van der Waals surface area contributed by atoms with E-state index in [2.05, 4.69) is 27.8 Å². The maximum Gasteiger partial charge on any atom is 0.252 e. The van der Waals surface area contributed by atoms with E-state index in [9.17, 15) is 4.79 Å². The van der Waals surface area contributed by atoms with Crippen molar-refractivity contribution in [1.82, 2.24) is 5.32 Å². The van der Waals surface area contributed by atoms with Crippen molar-refractivity contribution in [1.29, 1.82) is 0 Å². The number of aliphatic hydroxyl groups excluding tert-OH is 1. The van der Waals surface area contributed by atoms with Crippen molar-refractivity contribution in [3.05, 3.63) is 76.8 Å². The number of ether oxygens (including phenoxy) is 2. The number of hydrogen-bond donors (Lipinski definition) is 2. The summed E-state index contributed by atoms with van der Waals surface area (Å²) in [7, 11) is 0. The first-order chi connectivity index (χ1) is 16.1. The fourth-order valence-corrected chi connectivity index (χ4v) is 4.15. The van der Waals surface area contributed by atoms with Gasteiger partial charge in [-0.15, -0.1) is 6.58 Å². The van der Waals surface area contributed by atoms with Crippen molar-refractivity contribution >= 4 is 27.7 Å². The molecule has 0 radical (unpaired) electrons. The summed E-state index contributed by atoms with van der Waals surface area (Å²) in [6, 6.07) is 15.2. The molecule has 2 aromatic carbocycles. The van der Waals surface area contributed by atoms with Crippen LogP contribution in [0, 0.1) is 5.92 Å². The van der Waals surface area contributed by atoms with Crippen LogP contribution in [-0.4, -0.2) is 42.2 Å². The van der Waals surface area contributed by atoms with E-state index < -0.39 is 11.6 Å². The minimum atomic E-state index is -1.13. The highest BCUT2D eigenvalue weighted by atomic mass is 79.9. The molecule has 0 aromatic heterocycles. The second-order valence-electron chi connectivity index (χ2n) is 8.49. The first-order valence-electron chi connectivity index (χ1n) is 11.3. The van der Waals surface area contributed by atoms with Crippen LogP contribution in [0.4, 0.5) is 0 Å². The van der Waals surface area contributed by atoms with Crippen molar-refractivity contribution in [3.63, 3.8) is 0 Å². The van der Waals surface area contributed by atoms with Crippen molar-refractivity contribution in [3.8, 4) is 5.75 Å². The van der Waals surface area contributed by atoms with E-state index in [-0.39, 0.29) is 12.5 Å². The quantitative estimate of drug-likeness (QED) is 0.341. The Bertz CT molecular complexity index is 1000. The summed E-state index contributed by atoms with van der Waals surface area (Å²) in [5.41, 5.74) is 0.521. The molecule has 0 spiro atoms. The van der Waals surface area contributed by atoms with Crippen LogP contribution >= 0.6 is 15.9 Å². The number of carbonyl (C=O) groups is 1. The molecular formula is C26H29BrN2O4. The molecule has 33 heavy (non-hydrogen) atoms. The summed E-state index contributed by atoms with van der Waals surface area (Å²) in [4.78, 5) is 18.4. The topological polar surface area (TPSA) is 80.2 Å². The van der Waals surface area contributed by atoms with Crippen LogP contribution in [0.3, 0.4) is 0 Å². The number of nitrogens with one attached hydrogen (secondary N) is 1. The number of hydrogen-bond acceptors (Lipinski definition) is 5. The number of carbonyl (C=O) groups excluding carboxylic acids is 1. The van der Waals surface area contributed by atoms with Gasteiger partial charge in [-0.2, -0.15) is 0 Å². The molecule has 2 N–H and O–H groups in total. The molecular weight excluding hydrogens is 484 g/mol. The van der Waals surface area contributed by atoms with Crippen LogP contribution in [0.15, 0.2) is 70.7 Å². The Morgan fingerprint density at radius 3 is 2.61 bits per heavy atom. The third-order valence-electron chi connectivity index (χ3n) is 5.91. The number of aliphatic hydroxyl groups is 1. The fraction of sp³-hybridized carbons (Fsp3) is 0.385. The van der Waals surface area contributed by atoms with Gasteiger partial charge in [0.15, 0.2) is 11.6 Å². The highest BCUT2D eigenvalue weighted by Crippen LogP contribution is 2.43. The van der Waals surface area contributed by atoms with E-state index in [4.69, 9.17) is 19.6 Å². The summed E-state index contributed by atoms with van der Waals surface area (Å²) in [6.07, 6.45) is 4.41. The van der Waals surface area contributed by atoms with Crippen LogP contribution in [0.5, 0.6) is 5.75 Å². The molecule has 1 amide bonds. The predicted octanol–water partition coefficient (Wildman–Crippen LogP) is 4.57. The number of aliphatic imine (C=N–C) groups is 1. The SMILES string of the molecule is C=CC[C@@]1(C(=O)NCC2CC2)N=C(c2ccc(OCCCO)cc2)O[C@@H]1c1ccc(Br)cc1. The van der Waals surface area contributed by atoms with E-state index in [0.717, 1.165) is 28.4 Å². The van der Waals surface area contributed by atoms with Gasteiger partial charge >= 0.3 is 0 Å². The van der Waals surface area contributed by atoms with Crippen LogP contribution in [-0.2, 0) is 9.53 Å².